The molecule has 0 spiro atoms. The van der Waals surface area contributed by atoms with Crippen molar-refractivity contribution in [2.75, 3.05) is 11.5 Å². The lowest BCUT2D eigenvalue weighted by Crippen LogP contribution is -2.08. The molecule has 0 aliphatic heterocycles. The van der Waals surface area contributed by atoms with Crippen LogP contribution in [0, 0.1) is 0 Å². The van der Waals surface area contributed by atoms with E-state index in [1.807, 2.05) is 12.1 Å². The summed E-state index contributed by atoms with van der Waals surface area (Å²) in [5.74, 6) is 0.271. The van der Waals surface area contributed by atoms with Crippen LogP contribution in [0.15, 0.2) is 36.4 Å². The summed E-state index contributed by atoms with van der Waals surface area (Å²) in [6.45, 7) is 6.67. The zero-order valence-corrected chi connectivity index (χ0v) is 14.0. The molecule has 0 saturated carbocycles. The minimum atomic E-state index is 0.271. The first-order valence-corrected chi connectivity index (χ1v) is 8.34. The summed E-state index contributed by atoms with van der Waals surface area (Å²) in [5, 5.41) is 0. The molecule has 0 fully saturated rings. The molecule has 2 aromatic carbocycles. The van der Waals surface area contributed by atoms with E-state index in [9.17, 15) is 0 Å². The topological polar surface area (TPSA) is 52.0 Å². The van der Waals surface area contributed by atoms with Gasteiger partial charge in [0, 0.05) is 17.3 Å². The highest BCUT2D eigenvalue weighted by molar-refractivity contribution is 5.58. The van der Waals surface area contributed by atoms with Gasteiger partial charge in [-0.25, -0.2) is 0 Å². The van der Waals surface area contributed by atoms with Gasteiger partial charge in [-0.15, -0.1) is 0 Å². The van der Waals surface area contributed by atoms with Gasteiger partial charge in [0.15, 0.2) is 0 Å². The van der Waals surface area contributed by atoms with Crippen molar-refractivity contribution < 1.29 is 0 Å². The average molecular weight is 296 g/mol. The van der Waals surface area contributed by atoms with E-state index in [-0.39, 0.29) is 5.92 Å². The number of nitrogen functional groups attached to an aromatic ring is 2. The van der Waals surface area contributed by atoms with Crippen LogP contribution in [-0.4, -0.2) is 0 Å². The number of aryl methyl sites for hydroxylation is 2. The number of anilines is 2. The van der Waals surface area contributed by atoms with Gasteiger partial charge in [0.05, 0.1) is 0 Å². The van der Waals surface area contributed by atoms with Crippen LogP contribution in [0.4, 0.5) is 11.4 Å². The Kier molecular flexibility index (Phi) is 5.48. The standard InChI is InChI=1S/C20H28N2/c1-4-7-15-11-12-17(21)13-18(15)14(3)20-16(8-5-2)9-6-10-19(20)22/h6,9-14H,4-5,7-8,21-22H2,1-3H3. The number of rotatable bonds is 6. The van der Waals surface area contributed by atoms with Crippen LogP contribution in [0.1, 0.15) is 61.8 Å². The zero-order valence-electron chi connectivity index (χ0n) is 14.0. The van der Waals surface area contributed by atoms with E-state index in [0.717, 1.165) is 37.1 Å². The van der Waals surface area contributed by atoms with E-state index >= 15 is 0 Å². The molecule has 2 aromatic rings. The van der Waals surface area contributed by atoms with Crippen molar-refractivity contribution in [1.82, 2.24) is 0 Å². The maximum Gasteiger partial charge on any atom is 0.0355 e. The van der Waals surface area contributed by atoms with Gasteiger partial charge in [-0.1, -0.05) is 51.8 Å². The van der Waals surface area contributed by atoms with Gasteiger partial charge >= 0.3 is 0 Å². The van der Waals surface area contributed by atoms with Crippen LogP contribution in [0.2, 0.25) is 0 Å². The van der Waals surface area contributed by atoms with Gasteiger partial charge in [0.1, 0.15) is 0 Å². The van der Waals surface area contributed by atoms with E-state index in [4.69, 9.17) is 11.5 Å². The van der Waals surface area contributed by atoms with Crippen LogP contribution in [0.3, 0.4) is 0 Å². The molecular formula is C20H28N2. The molecule has 0 radical (unpaired) electrons. The van der Waals surface area contributed by atoms with Crippen LogP contribution in [0.25, 0.3) is 0 Å². The monoisotopic (exact) mass is 296 g/mol. The maximum absolute atomic E-state index is 6.32. The van der Waals surface area contributed by atoms with Crippen molar-refractivity contribution >= 4 is 11.4 Å². The molecule has 0 aliphatic rings. The number of benzene rings is 2. The molecule has 2 nitrogen and oxygen atoms in total. The quantitative estimate of drug-likeness (QED) is 0.744. The van der Waals surface area contributed by atoms with Gasteiger partial charge in [-0.05, 0) is 53.3 Å². The molecular weight excluding hydrogens is 268 g/mol. The molecule has 0 aliphatic carbocycles. The predicted octanol–water partition coefficient (Wildman–Crippen LogP) is 4.91. The van der Waals surface area contributed by atoms with Crippen LogP contribution in [-0.2, 0) is 12.8 Å². The second-order valence-corrected chi connectivity index (χ2v) is 6.10. The maximum atomic E-state index is 6.32. The Balaban J connectivity index is 2.52. The lowest BCUT2D eigenvalue weighted by atomic mass is 9.84. The van der Waals surface area contributed by atoms with E-state index in [0.29, 0.717) is 0 Å². The lowest BCUT2D eigenvalue weighted by Gasteiger charge is -2.22. The van der Waals surface area contributed by atoms with Crippen LogP contribution >= 0.6 is 0 Å². The molecule has 2 heteroatoms. The third kappa shape index (κ3) is 3.44. The van der Waals surface area contributed by atoms with Gasteiger partial charge in [-0.2, -0.15) is 0 Å². The molecule has 0 aromatic heterocycles. The summed E-state index contributed by atoms with van der Waals surface area (Å²) in [6, 6.07) is 12.6. The Morgan fingerprint density at radius 1 is 0.909 bits per heavy atom. The van der Waals surface area contributed by atoms with E-state index in [1.54, 1.807) is 0 Å². The minimum absolute atomic E-state index is 0.271. The summed E-state index contributed by atoms with van der Waals surface area (Å²) in [4.78, 5) is 0. The summed E-state index contributed by atoms with van der Waals surface area (Å²) in [7, 11) is 0. The molecule has 118 valence electrons. The summed E-state index contributed by atoms with van der Waals surface area (Å²) in [6.07, 6.45) is 4.41. The lowest BCUT2D eigenvalue weighted by molar-refractivity contribution is 0.828. The third-order valence-electron chi connectivity index (χ3n) is 4.34. The fourth-order valence-corrected chi connectivity index (χ4v) is 3.32. The largest absolute Gasteiger partial charge is 0.399 e. The Morgan fingerprint density at radius 2 is 1.59 bits per heavy atom. The Morgan fingerprint density at radius 3 is 2.27 bits per heavy atom. The van der Waals surface area contributed by atoms with Gasteiger partial charge in [-0.3, -0.25) is 0 Å². The molecule has 0 heterocycles. The summed E-state index contributed by atoms with van der Waals surface area (Å²) >= 11 is 0. The van der Waals surface area contributed by atoms with E-state index < -0.39 is 0 Å². The molecule has 0 saturated heterocycles. The van der Waals surface area contributed by atoms with Crippen molar-refractivity contribution in [3.8, 4) is 0 Å². The van der Waals surface area contributed by atoms with Crippen LogP contribution < -0.4 is 11.5 Å². The Hall–Kier alpha value is -1.96. The fourth-order valence-electron chi connectivity index (χ4n) is 3.32. The third-order valence-corrected chi connectivity index (χ3v) is 4.34. The molecule has 2 rings (SSSR count). The molecule has 0 amide bonds. The minimum Gasteiger partial charge on any atom is -0.399 e. The van der Waals surface area contributed by atoms with Gasteiger partial charge in [0.25, 0.3) is 0 Å². The average Bonchev–Trinajstić information content (AvgIpc) is 2.49. The molecule has 1 atom stereocenters. The predicted molar refractivity (Wildman–Crippen MR) is 97.2 cm³/mol. The highest BCUT2D eigenvalue weighted by Gasteiger charge is 2.18. The smallest absolute Gasteiger partial charge is 0.0355 e. The van der Waals surface area contributed by atoms with E-state index in [1.165, 1.54) is 22.3 Å². The number of hydrogen-bond acceptors (Lipinski definition) is 2. The molecule has 0 bridgehead atoms. The highest BCUT2D eigenvalue weighted by Crippen LogP contribution is 2.35. The first kappa shape index (κ1) is 16.4. The normalized spacial score (nSPS) is 12.3. The summed E-state index contributed by atoms with van der Waals surface area (Å²) in [5.41, 5.74) is 19.4. The fraction of sp³-hybridized carbons (Fsp3) is 0.400. The van der Waals surface area contributed by atoms with Crippen molar-refractivity contribution in [3.05, 3.63) is 58.7 Å². The second-order valence-electron chi connectivity index (χ2n) is 6.10. The Labute approximate surface area is 134 Å². The first-order chi connectivity index (χ1) is 10.6. The van der Waals surface area contributed by atoms with Crippen molar-refractivity contribution in [2.45, 2.75) is 52.4 Å². The first-order valence-electron chi connectivity index (χ1n) is 8.34. The van der Waals surface area contributed by atoms with Gasteiger partial charge in [0.2, 0.25) is 0 Å². The SMILES string of the molecule is CCCc1ccc(N)cc1C(C)c1c(N)cccc1CCC. The van der Waals surface area contributed by atoms with Crippen molar-refractivity contribution in [1.29, 1.82) is 0 Å². The Bertz CT molecular complexity index is 632. The van der Waals surface area contributed by atoms with Crippen molar-refractivity contribution in [3.63, 3.8) is 0 Å². The van der Waals surface area contributed by atoms with E-state index in [2.05, 4.69) is 45.0 Å². The van der Waals surface area contributed by atoms with Crippen molar-refractivity contribution in [2.24, 2.45) is 0 Å². The molecule has 22 heavy (non-hydrogen) atoms. The number of hydrogen-bond donors (Lipinski definition) is 2. The zero-order chi connectivity index (χ0) is 16.1. The van der Waals surface area contributed by atoms with Gasteiger partial charge < -0.3 is 11.5 Å². The molecule has 1 unspecified atom stereocenters. The highest BCUT2D eigenvalue weighted by atomic mass is 14.6. The summed E-state index contributed by atoms with van der Waals surface area (Å²) < 4.78 is 0. The second kappa shape index (κ2) is 7.35. The molecule has 4 N–H and O–H groups in total. The number of nitrogens with two attached hydrogens (primary N) is 2. The van der Waals surface area contributed by atoms with Crippen LogP contribution in [0.5, 0.6) is 0 Å².